The van der Waals surface area contributed by atoms with E-state index in [0.717, 1.165) is 0 Å². The number of nitrogens with one attached hydrogen (secondary N) is 1. The van der Waals surface area contributed by atoms with Crippen LogP contribution in [0.3, 0.4) is 0 Å². The molecule has 0 saturated heterocycles. The zero-order chi connectivity index (χ0) is 14.8. The van der Waals surface area contributed by atoms with Crippen molar-refractivity contribution < 1.29 is 18.3 Å². The third-order valence-electron chi connectivity index (χ3n) is 2.81. The first-order chi connectivity index (χ1) is 8.60. The zero-order valence-electron chi connectivity index (χ0n) is 11.9. The molecule has 1 unspecified atom stereocenters. The standard InChI is InChI=1S/C11H21N3O4S/c1-8-10(9(2)14(4)13-8)19(16,17)12-6-11(3,15)7-18-5/h12,15H,6-7H2,1-5H3. The van der Waals surface area contributed by atoms with Gasteiger partial charge in [-0.3, -0.25) is 4.68 Å². The van der Waals surface area contributed by atoms with Crippen LogP contribution >= 0.6 is 0 Å². The Morgan fingerprint density at radius 2 is 2.05 bits per heavy atom. The van der Waals surface area contributed by atoms with Crippen molar-refractivity contribution in [2.24, 2.45) is 7.05 Å². The summed E-state index contributed by atoms with van der Waals surface area (Å²) in [7, 11) is -0.575. The van der Waals surface area contributed by atoms with Gasteiger partial charge in [0.25, 0.3) is 0 Å². The largest absolute Gasteiger partial charge is 0.386 e. The minimum atomic E-state index is -3.70. The van der Waals surface area contributed by atoms with Gasteiger partial charge in [0.05, 0.1) is 23.6 Å². The maximum Gasteiger partial charge on any atom is 0.244 e. The molecule has 0 aliphatic carbocycles. The molecule has 0 aliphatic heterocycles. The van der Waals surface area contributed by atoms with Crippen LogP contribution in [0.4, 0.5) is 0 Å². The molecular weight excluding hydrogens is 270 g/mol. The highest BCUT2D eigenvalue weighted by Gasteiger charge is 2.28. The molecule has 1 atom stereocenters. The van der Waals surface area contributed by atoms with Crippen LogP contribution in [0, 0.1) is 13.8 Å². The van der Waals surface area contributed by atoms with Crippen LogP contribution < -0.4 is 4.72 Å². The van der Waals surface area contributed by atoms with Gasteiger partial charge in [0.2, 0.25) is 10.0 Å². The minimum absolute atomic E-state index is 0.0422. The van der Waals surface area contributed by atoms with Crippen molar-refractivity contribution in [1.29, 1.82) is 0 Å². The van der Waals surface area contributed by atoms with Gasteiger partial charge in [-0.25, -0.2) is 13.1 Å². The fourth-order valence-corrected chi connectivity index (χ4v) is 3.42. The van der Waals surface area contributed by atoms with E-state index in [1.807, 2.05) is 0 Å². The maximum atomic E-state index is 12.2. The first-order valence-corrected chi connectivity index (χ1v) is 7.30. The number of ether oxygens (including phenoxy) is 1. The molecule has 0 amide bonds. The molecular formula is C11H21N3O4S. The maximum absolute atomic E-state index is 12.2. The highest BCUT2D eigenvalue weighted by atomic mass is 32.2. The predicted molar refractivity (Wildman–Crippen MR) is 70.4 cm³/mol. The Labute approximate surface area is 113 Å². The summed E-state index contributed by atoms with van der Waals surface area (Å²) in [5.41, 5.74) is -0.276. The second kappa shape index (κ2) is 5.58. The Morgan fingerprint density at radius 3 is 2.47 bits per heavy atom. The van der Waals surface area contributed by atoms with Gasteiger partial charge < -0.3 is 9.84 Å². The van der Waals surface area contributed by atoms with Gasteiger partial charge in [-0.2, -0.15) is 5.10 Å². The lowest BCUT2D eigenvalue weighted by atomic mass is 10.1. The summed E-state index contributed by atoms with van der Waals surface area (Å²) in [6.45, 7) is 4.73. The molecule has 1 aromatic heterocycles. The smallest absolute Gasteiger partial charge is 0.244 e. The first-order valence-electron chi connectivity index (χ1n) is 5.82. The van der Waals surface area contributed by atoms with Crippen molar-refractivity contribution in [2.75, 3.05) is 20.3 Å². The van der Waals surface area contributed by atoms with Crippen LogP contribution in [0.5, 0.6) is 0 Å². The summed E-state index contributed by atoms with van der Waals surface area (Å²) in [4.78, 5) is 0.156. The summed E-state index contributed by atoms with van der Waals surface area (Å²) in [5, 5.41) is 14.0. The number of nitrogens with zero attached hydrogens (tertiary/aromatic N) is 2. The summed E-state index contributed by atoms with van der Waals surface area (Å²) in [6.07, 6.45) is 0. The Kier molecular flexibility index (Phi) is 4.72. The predicted octanol–water partition coefficient (Wildman–Crippen LogP) is -0.287. The number of aliphatic hydroxyl groups is 1. The van der Waals surface area contributed by atoms with Gasteiger partial charge in [-0.1, -0.05) is 0 Å². The number of aromatic nitrogens is 2. The molecule has 8 heteroatoms. The normalized spacial score (nSPS) is 15.5. The lowest BCUT2D eigenvalue weighted by molar-refractivity contribution is -0.0119. The quantitative estimate of drug-likeness (QED) is 0.751. The van der Waals surface area contributed by atoms with E-state index in [9.17, 15) is 13.5 Å². The van der Waals surface area contributed by atoms with E-state index in [-0.39, 0.29) is 18.0 Å². The molecule has 0 spiro atoms. The topological polar surface area (TPSA) is 93.4 Å². The van der Waals surface area contributed by atoms with Crippen molar-refractivity contribution in [3.05, 3.63) is 11.4 Å². The summed E-state index contributed by atoms with van der Waals surface area (Å²) in [6, 6.07) is 0. The molecule has 2 N–H and O–H groups in total. The Morgan fingerprint density at radius 1 is 1.47 bits per heavy atom. The van der Waals surface area contributed by atoms with Crippen LogP contribution in [0.1, 0.15) is 18.3 Å². The van der Waals surface area contributed by atoms with E-state index in [4.69, 9.17) is 4.74 Å². The molecule has 7 nitrogen and oxygen atoms in total. The molecule has 1 aromatic rings. The van der Waals surface area contributed by atoms with Crippen LogP contribution in [-0.2, 0) is 21.8 Å². The van der Waals surface area contributed by atoms with Gasteiger partial charge in [0.15, 0.2) is 0 Å². The minimum Gasteiger partial charge on any atom is -0.386 e. The number of aryl methyl sites for hydroxylation is 2. The molecule has 0 saturated carbocycles. The fourth-order valence-electron chi connectivity index (χ4n) is 1.83. The van der Waals surface area contributed by atoms with Crippen molar-refractivity contribution in [3.8, 4) is 0 Å². The van der Waals surface area contributed by atoms with E-state index in [2.05, 4.69) is 9.82 Å². The van der Waals surface area contributed by atoms with Crippen LogP contribution in [0.15, 0.2) is 4.90 Å². The van der Waals surface area contributed by atoms with Crippen molar-refractivity contribution in [1.82, 2.24) is 14.5 Å². The third kappa shape index (κ3) is 3.75. The van der Waals surface area contributed by atoms with Gasteiger partial charge >= 0.3 is 0 Å². The molecule has 0 radical (unpaired) electrons. The lowest BCUT2D eigenvalue weighted by Gasteiger charge is -2.22. The number of sulfonamides is 1. The number of hydrogen-bond acceptors (Lipinski definition) is 5. The monoisotopic (exact) mass is 291 g/mol. The van der Waals surface area contributed by atoms with Crippen molar-refractivity contribution in [3.63, 3.8) is 0 Å². The van der Waals surface area contributed by atoms with Gasteiger partial charge in [0, 0.05) is 20.7 Å². The second-order valence-electron chi connectivity index (χ2n) is 4.88. The van der Waals surface area contributed by atoms with E-state index in [1.165, 1.54) is 18.7 Å². The Hall–Kier alpha value is -0.960. The van der Waals surface area contributed by atoms with Crippen molar-refractivity contribution in [2.45, 2.75) is 31.3 Å². The third-order valence-corrected chi connectivity index (χ3v) is 4.46. The van der Waals surface area contributed by atoms with Gasteiger partial charge in [-0.05, 0) is 20.8 Å². The molecule has 110 valence electrons. The van der Waals surface area contributed by atoms with Crippen LogP contribution in [0.25, 0.3) is 0 Å². The van der Waals surface area contributed by atoms with E-state index < -0.39 is 15.6 Å². The molecule has 0 bridgehead atoms. The van der Waals surface area contributed by atoms with Crippen LogP contribution in [-0.4, -0.2) is 49.2 Å². The molecule has 19 heavy (non-hydrogen) atoms. The van der Waals surface area contributed by atoms with Gasteiger partial charge in [0.1, 0.15) is 4.90 Å². The van der Waals surface area contributed by atoms with Crippen LogP contribution in [0.2, 0.25) is 0 Å². The molecule has 1 rings (SSSR count). The molecule has 1 heterocycles. The zero-order valence-corrected chi connectivity index (χ0v) is 12.7. The number of hydrogen-bond donors (Lipinski definition) is 2. The summed E-state index contributed by atoms with van der Waals surface area (Å²) >= 11 is 0. The van der Waals surface area contributed by atoms with E-state index in [0.29, 0.717) is 11.4 Å². The molecule has 0 aliphatic rings. The first kappa shape index (κ1) is 16.1. The molecule has 0 fully saturated rings. The summed E-state index contributed by atoms with van der Waals surface area (Å²) < 4.78 is 33.2. The highest BCUT2D eigenvalue weighted by molar-refractivity contribution is 7.89. The average molecular weight is 291 g/mol. The average Bonchev–Trinajstić information content (AvgIpc) is 2.51. The van der Waals surface area contributed by atoms with E-state index >= 15 is 0 Å². The second-order valence-corrected chi connectivity index (χ2v) is 6.58. The van der Waals surface area contributed by atoms with E-state index in [1.54, 1.807) is 20.9 Å². The Bertz CT molecular complexity index is 549. The number of rotatable bonds is 6. The fraction of sp³-hybridized carbons (Fsp3) is 0.727. The highest BCUT2D eigenvalue weighted by Crippen LogP contribution is 2.18. The van der Waals surface area contributed by atoms with Gasteiger partial charge in [-0.15, -0.1) is 0 Å². The molecule has 0 aromatic carbocycles. The number of methoxy groups -OCH3 is 1. The lowest BCUT2D eigenvalue weighted by Crippen LogP contribution is -2.43. The van der Waals surface area contributed by atoms with Crippen molar-refractivity contribution >= 4 is 10.0 Å². The Balaban J connectivity index is 2.94. The summed E-state index contributed by atoms with van der Waals surface area (Å²) in [5.74, 6) is 0. The SMILES string of the molecule is COCC(C)(O)CNS(=O)(=O)c1c(C)nn(C)c1C.